The summed E-state index contributed by atoms with van der Waals surface area (Å²) in [5.41, 5.74) is -1.48. The molecular formula is C22H32F3N3O3. The van der Waals surface area contributed by atoms with Crippen LogP contribution < -0.4 is 10.2 Å². The Morgan fingerprint density at radius 3 is 2.48 bits per heavy atom. The number of hydrogen-bond donors (Lipinski definition) is 1. The molecule has 2 aliphatic rings. The highest BCUT2D eigenvalue weighted by molar-refractivity contribution is 5.69. The minimum atomic E-state index is -4.49. The smallest absolute Gasteiger partial charge is 0.416 e. The Morgan fingerprint density at radius 2 is 1.87 bits per heavy atom. The highest BCUT2D eigenvalue weighted by atomic mass is 19.4. The van der Waals surface area contributed by atoms with Gasteiger partial charge in [-0.25, -0.2) is 4.79 Å². The van der Waals surface area contributed by atoms with Crippen LogP contribution in [0.25, 0.3) is 0 Å². The molecule has 0 aromatic heterocycles. The van der Waals surface area contributed by atoms with Crippen LogP contribution in [0.3, 0.4) is 0 Å². The third kappa shape index (κ3) is 5.83. The van der Waals surface area contributed by atoms with Crippen molar-refractivity contribution in [2.45, 2.75) is 51.4 Å². The van der Waals surface area contributed by atoms with Gasteiger partial charge in [-0.1, -0.05) is 6.07 Å². The summed E-state index contributed by atoms with van der Waals surface area (Å²) in [6, 6.07) is 4.49. The Balaban J connectivity index is 1.90. The summed E-state index contributed by atoms with van der Waals surface area (Å²) in [5, 5.41) is 3.21. The van der Waals surface area contributed by atoms with Gasteiger partial charge in [0.15, 0.2) is 0 Å². The number of nitrogens with zero attached hydrogens (tertiary/aromatic N) is 2. The summed E-state index contributed by atoms with van der Waals surface area (Å²) >= 11 is 0. The molecule has 9 heteroatoms. The topological polar surface area (TPSA) is 54.0 Å². The zero-order valence-corrected chi connectivity index (χ0v) is 18.6. The highest BCUT2D eigenvalue weighted by Gasteiger charge is 2.42. The average Bonchev–Trinajstić information content (AvgIpc) is 2.67. The lowest BCUT2D eigenvalue weighted by atomic mass is 9.87. The molecule has 174 valence electrons. The number of hydrogen-bond acceptors (Lipinski definition) is 5. The fourth-order valence-corrected chi connectivity index (χ4v) is 4.11. The number of ether oxygens (including phenoxy) is 2. The fourth-order valence-electron chi connectivity index (χ4n) is 4.11. The quantitative estimate of drug-likeness (QED) is 0.773. The van der Waals surface area contributed by atoms with E-state index in [4.69, 9.17) is 9.47 Å². The Morgan fingerprint density at radius 1 is 1.19 bits per heavy atom. The predicted octanol–water partition coefficient (Wildman–Crippen LogP) is 3.68. The van der Waals surface area contributed by atoms with E-state index in [2.05, 4.69) is 5.32 Å². The molecule has 3 rings (SSSR count). The van der Waals surface area contributed by atoms with Crippen LogP contribution in [0, 0.1) is 0 Å². The lowest BCUT2D eigenvalue weighted by molar-refractivity contribution is -0.138. The van der Waals surface area contributed by atoms with E-state index in [0.717, 1.165) is 0 Å². The minimum absolute atomic E-state index is 0.0669. The van der Waals surface area contributed by atoms with Crippen molar-refractivity contribution >= 4 is 11.8 Å². The van der Waals surface area contributed by atoms with Crippen molar-refractivity contribution in [1.29, 1.82) is 0 Å². The van der Waals surface area contributed by atoms with Crippen LogP contribution in [-0.2, 0) is 22.1 Å². The molecular weight excluding hydrogens is 411 g/mol. The molecule has 0 radical (unpaired) electrons. The number of piperazine rings is 1. The largest absolute Gasteiger partial charge is 0.444 e. The molecule has 0 aliphatic carbocycles. The molecule has 0 unspecified atom stereocenters. The average molecular weight is 444 g/mol. The minimum Gasteiger partial charge on any atom is -0.444 e. The van der Waals surface area contributed by atoms with Gasteiger partial charge in [0, 0.05) is 38.4 Å². The number of amides is 1. The molecule has 1 aromatic rings. The Bertz CT molecular complexity index is 788. The van der Waals surface area contributed by atoms with Gasteiger partial charge in [-0.3, -0.25) is 4.90 Å². The SMILES string of the molecule is CC(C)(C)OC(=O)N1CCNC[C@]1(C)Cc1ccc(N2CCOCC2)cc1C(F)(F)F. The van der Waals surface area contributed by atoms with Gasteiger partial charge in [0.05, 0.1) is 24.3 Å². The van der Waals surface area contributed by atoms with Crippen molar-refractivity contribution in [3.05, 3.63) is 29.3 Å². The molecule has 2 heterocycles. The molecule has 0 saturated carbocycles. The van der Waals surface area contributed by atoms with Gasteiger partial charge < -0.3 is 19.7 Å². The third-order valence-electron chi connectivity index (χ3n) is 5.63. The lowest BCUT2D eigenvalue weighted by Crippen LogP contribution is -2.63. The van der Waals surface area contributed by atoms with Gasteiger partial charge in [-0.2, -0.15) is 13.2 Å². The van der Waals surface area contributed by atoms with E-state index in [1.54, 1.807) is 44.7 Å². The van der Waals surface area contributed by atoms with E-state index >= 15 is 0 Å². The first-order valence-electron chi connectivity index (χ1n) is 10.6. The van der Waals surface area contributed by atoms with Gasteiger partial charge in [-0.15, -0.1) is 0 Å². The van der Waals surface area contributed by atoms with Crippen LogP contribution >= 0.6 is 0 Å². The maximum Gasteiger partial charge on any atom is 0.416 e. The van der Waals surface area contributed by atoms with E-state index in [1.807, 2.05) is 4.90 Å². The first-order chi connectivity index (χ1) is 14.4. The van der Waals surface area contributed by atoms with Gasteiger partial charge in [-0.05, 0) is 51.8 Å². The van der Waals surface area contributed by atoms with E-state index in [0.29, 0.717) is 51.6 Å². The number of anilines is 1. The molecule has 2 saturated heterocycles. The molecule has 2 fully saturated rings. The number of rotatable bonds is 3. The van der Waals surface area contributed by atoms with Crippen LogP contribution in [0.1, 0.15) is 38.8 Å². The monoisotopic (exact) mass is 443 g/mol. The second-order valence-electron chi connectivity index (χ2n) is 9.42. The van der Waals surface area contributed by atoms with Gasteiger partial charge in [0.2, 0.25) is 0 Å². The standard InChI is InChI=1S/C22H32F3N3O3/c1-20(2,3)31-19(29)28-8-7-26-15-21(28,4)14-16-5-6-17(13-18(16)22(23,24)25)27-9-11-30-12-10-27/h5-6,13,26H,7-12,14-15H2,1-4H3/t21-/m0/s1. The lowest BCUT2D eigenvalue weighted by Gasteiger charge is -2.45. The number of alkyl halides is 3. The Labute approximate surface area is 181 Å². The van der Waals surface area contributed by atoms with Crippen LogP contribution in [0.2, 0.25) is 0 Å². The molecule has 1 atom stereocenters. The number of nitrogens with one attached hydrogen (secondary N) is 1. The van der Waals surface area contributed by atoms with Crippen molar-refractivity contribution in [3.8, 4) is 0 Å². The molecule has 31 heavy (non-hydrogen) atoms. The summed E-state index contributed by atoms with van der Waals surface area (Å²) in [6.45, 7) is 10.6. The van der Waals surface area contributed by atoms with Crippen molar-refractivity contribution in [2.75, 3.05) is 50.8 Å². The zero-order chi connectivity index (χ0) is 22.9. The Hall–Kier alpha value is -2.00. The molecule has 1 amide bonds. The zero-order valence-electron chi connectivity index (χ0n) is 18.6. The number of carbonyl (C=O) groups is 1. The number of halogens is 3. The summed E-state index contributed by atoms with van der Waals surface area (Å²) in [4.78, 5) is 16.3. The first kappa shape index (κ1) is 23.7. The van der Waals surface area contributed by atoms with Crippen molar-refractivity contribution in [3.63, 3.8) is 0 Å². The Kier molecular flexibility index (Phi) is 6.76. The second kappa shape index (κ2) is 8.86. The van der Waals surface area contributed by atoms with E-state index in [-0.39, 0.29) is 12.0 Å². The molecule has 1 aromatic carbocycles. The van der Waals surface area contributed by atoms with Gasteiger partial charge in [0.1, 0.15) is 5.60 Å². The van der Waals surface area contributed by atoms with E-state index in [9.17, 15) is 18.0 Å². The highest BCUT2D eigenvalue weighted by Crippen LogP contribution is 2.37. The van der Waals surface area contributed by atoms with Gasteiger partial charge >= 0.3 is 12.3 Å². The molecule has 1 N–H and O–H groups in total. The predicted molar refractivity (Wildman–Crippen MR) is 112 cm³/mol. The number of benzene rings is 1. The molecule has 0 bridgehead atoms. The molecule has 0 spiro atoms. The van der Waals surface area contributed by atoms with Crippen LogP contribution in [0.4, 0.5) is 23.7 Å². The number of carbonyl (C=O) groups excluding carboxylic acids is 1. The van der Waals surface area contributed by atoms with Crippen LogP contribution in [-0.4, -0.2) is 68.1 Å². The van der Waals surface area contributed by atoms with E-state index < -0.39 is 29.0 Å². The fraction of sp³-hybridized carbons (Fsp3) is 0.682. The third-order valence-corrected chi connectivity index (χ3v) is 5.63. The van der Waals surface area contributed by atoms with Crippen molar-refractivity contribution in [1.82, 2.24) is 10.2 Å². The maximum absolute atomic E-state index is 14.0. The van der Waals surface area contributed by atoms with Crippen molar-refractivity contribution in [2.24, 2.45) is 0 Å². The van der Waals surface area contributed by atoms with E-state index in [1.165, 1.54) is 6.07 Å². The molecule has 2 aliphatic heterocycles. The summed E-state index contributed by atoms with van der Waals surface area (Å²) in [6.07, 6.45) is -4.93. The van der Waals surface area contributed by atoms with Crippen LogP contribution in [0.5, 0.6) is 0 Å². The first-order valence-corrected chi connectivity index (χ1v) is 10.6. The van der Waals surface area contributed by atoms with Crippen molar-refractivity contribution < 1.29 is 27.4 Å². The normalized spacial score (nSPS) is 23.1. The summed E-state index contributed by atoms with van der Waals surface area (Å²) < 4.78 is 52.8. The second-order valence-corrected chi connectivity index (χ2v) is 9.42. The van der Waals surface area contributed by atoms with Crippen LogP contribution in [0.15, 0.2) is 18.2 Å². The number of morpholine rings is 1. The summed E-state index contributed by atoms with van der Waals surface area (Å²) in [7, 11) is 0. The molecule has 6 nitrogen and oxygen atoms in total. The van der Waals surface area contributed by atoms with Gasteiger partial charge in [0.25, 0.3) is 0 Å². The summed E-state index contributed by atoms with van der Waals surface area (Å²) in [5.74, 6) is 0. The maximum atomic E-state index is 14.0.